The lowest BCUT2D eigenvalue weighted by Gasteiger charge is -2.27. The summed E-state index contributed by atoms with van der Waals surface area (Å²) in [4.78, 5) is 12.8. The average Bonchev–Trinajstić information content (AvgIpc) is 3.41. The van der Waals surface area contributed by atoms with Gasteiger partial charge in [-0.05, 0) is 35.7 Å². The fourth-order valence-electron chi connectivity index (χ4n) is 3.40. The van der Waals surface area contributed by atoms with Crippen molar-refractivity contribution in [2.24, 2.45) is 0 Å². The number of nitrogens with zero attached hydrogens (tertiary/aromatic N) is 4. The number of rotatable bonds is 4. The number of hydrogen-bond acceptors (Lipinski definition) is 6. The first kappa shape index (κ1) is 17.6. The highest BCUT2D eigenvalue weighted by Crippen LogP contribution is 2.26. The van der Waals surface area contributed by atoms with Gasteiger partial charge in [0, 0.05) is 54.5 Å². The van der Waals surface area contributed by atoms with Crippen molar-refractivity contribution in [3.8, 4) is 22.0 Å². The smallest absolute Gasteiger partial charge is 0.169 e. The summed E-state index contributed by atoms with van der Waals surface area (Å²) >= 11 is 7.62. The van der Waals surface area contributed by atoms with E-state index in [2.05, 4.69) is 26.5 Å². The van der Waals surface area contributed by atoms with Crippen molar-refractivity contribution >= 4 is 22.9 Å². The third-order valence-corrected chi connectivity index (χ3v) is 5.95. The first-order valence-electron chi connectivity index (χ1n) is 9.07. The molecule has 0 fully saturated rings. The van der Waals surface area contributed by atoms with E-state index in [4.69, 9.17) is 21.1 Å². The second-order valence-corrected chi connectivity index (χ2v) is 8.18. The van der Waals surface area contributed by atoms with Crippen molar-refractivity contribution in [3.05, 3.63) is 76.0 Å². The van der Waals surface area contributed by atoms with Crippen LogP contribution in [0, 0.1) is 0 Å². The van der Waals surface area contributed by atoms with Crippen LogP contribution in [0.4, 0.5) is 0 Å². The van der Waals surface area contributed by atoms with E-state index in [0.29, 0.717) is 5.02 Å². The SMILES string of the molecule is Clc1ccc(-c2cc(CN3CCc4nc(-c5cccs5)ncc4C3)no2)cc1. The third kappa shape index (κ3) is 3.58. The van der Waals surface area contributed by atoms with Crippen molar-refractivity contribution < 1.29 is 4.52 Å². The van der Waals surface area contributed by atoms with E-state index in [0.717, 1.165) is 59.5 Å². The molecule has 0 radical (unpaired) electrons. The van der Waals surface area contributed by atoms with Gasteiger partial charge in [0.05, 0.1) is 16.3 Å². The molecule has 4 heterocycles. The Balaban J connectivity index is 1.29. The van der Waals surface area contributed by atoms with Crippen molar-refractivity contribution in [3.63, 3.8) is 0 Å². The normalized spacial score (nSPS) is 14.2. The second-order valence-electron chi connectivity index (χ2n) is 6.79. The summed E-state index contributed by atoms with van der Waals surface area (Å²) in [6.45, 7) is 2.50. The molecule has 0 N–H and O–H groups in total. The van der Waals surface area contributed by atoms with Gasteiger partial charge in [-0.1, -0.05) is 22.8 Å². The summed E-state index contributed by atoms with van der Waals surface area (Å²) in [6.07, 6.45) is 2.88. The molecule has 0 aliphatic carbocycles. The number of halogens is 1. The molecule has 0 saturated heterocycles. The van der Waals surface area contributed by atoms with Gasteiger partial charge in [0.25, 0.3) is 0 Å². The first-order chi connectivity index (χ1) is 13.7. The monoisotopic (exact) mass is 408 g/mol. The van der Waals surface area contributed by atoms with Gasteiger partial charge in [-0.2, -0.15) is 0 Å². The van der Waals surface area contributed by atoms with Gasteiger partial charge in [-0.3, -0.25) is 4.90 Å². The van der Waals surface area contributed by atoms with Gasteiger partial charge >= 0.3 is 0 Å². The van der Waals surface area contributed by atoms with Gasteiger partial charge in [0.15, 0.2) is 11.6 Å². The molecule has 5 nitrogen and oxygen atoms in total. The molecule has 1 aromatic carbocycles. The molecule has 3 aromatic heterocycles. The lowest BCUT2D eigenvalue weighted by atomic mass is 10.1. The Kier molecular flexibility index (Phi) is 4.68. The second kappa shape index (κ2) is 7.47. The highest BCUT2D eigenvalue weighted by Gasteiger charge is 2.20. The third-order valence-electron chi connectivity index (χ3n) is 4.83. The zero-order chi connectivity index (χ0) is 18.9. The highest BCUT2D eigenvalue weighted by atomic mass is 35.5. The molecule has 7 heteroatoms. The van der Waals surface area contributed by atoms with E-state index in [1.807, 2.05) is 42.6 Å². The maximum atomic E-state index is 5.95. The number of thiophene rings is 1. The Morgan fingerprint density at radius 3 is 2.89 bits per heavy atom. The Bertz CT molecular complexity index is 1090. The molecule has 0 spiro atoms. The Hall–Kier alpha value is -2.54. The fourth-order valence-corrected chi connectivity index (χ4v) is 4.19. The van der Waals surface area contributed by atoms with Crippen LogP contribution in [0.25, 0.3) is 22.0 Å². The minimum Gasteiger partial charge on any atom is -0.356 e. The predicted molar refractivity (Wildman–Crippen MR) is 110 cm³/mol. The van der Waals surface area contributed by atoms with Crippen LogP contribution >= 0.6 is 22.9 Å². The summed E-state index contributed by atoms with van der Waals surface area (Å²) in [5.74, 6) is 1.58. The Morgan fingerprint density at radius 2 is 2.07 bits per heavy atom. The summed E-state index contributed by atoms with van der Waals surface area (Å²) in [5.41, 5.74) is 4.23. The predicted octanol–water partition coefficient (Wildman–Crippen LogP) is 5.07. The highest BCUT2D eigenvalue weighted by molar-refractivity contribution is 7.13. The van der Waals surface area contributed by atoms with Gasteiger partial charge in [0.1, 0.15) is 0 Å². The van der Waals surface area contributed by atoms with Gasteiger partial charge in [0.2, 0.25) is 0 Å². The van der Waals surface area contributed by atoms with Crippen LogP contribution in [0.2, 0.25) is 5.02 Å². The van der Waals surface area contributed by atoms with E-state index < -0.39 is 0 Å². The maximum Gasteiger partial charge on any atom is 0.169 e. The molecule has 28 heavy (non-hydrogen) atoms. The molecule has 0 atom stereocenters. The molecular formula is C21H17ClN4OS. The molecule has 5 rings (SSSR count). The molecule has 0 saturated carbocycles. The van der Waals surface area contributed by atoms with E-state index in [1.165, 1.54) is 5.56 Å². The number of fused-ring (bicyclic) bond motifs is 1. The van der Waals surface area contributed by atoms with Crippen LogP contribution < -0.4 is 0 Å². The van der Waals surface area contributed by atoms with Crippen LogP contribution in [-0.4, -0.2) is 26.6 Å². The summed E-state index contributed by atoms with van der Waals surface area (Å²) in [6, 6.07) is 13.7. The van der Waals surface area contributed by atoms with Crippen LogP contribution in [0.5, 0.6) is 0 Å². The molecule has 1 aliphatic rings. The molecule has 4 aromatic rings. The molecular weight excluding hydrogens is 392 g/mol. The number of hydrogen-bond donors (Lipinski definition) is 0. The summed E-state index contributed by atoms with van der Waals surface area (Å²) in [7, 11) is 0. The standard InChI is InChI=1S/C21H17ClN4OS/c22-16-5-3-14(4-6-16)19-10-17(25-27-19)13-26-8-7-18-15(12-26)11-23-21(24-18)20-2-1-9-28-20/h1-6,9-11H,7-8,12-13H2. The largest absolute Gasteiger partial charge is 0.356 e. The number of aromatic nitrogens is 3. The lowest BCUT2D eigenvalue weighted by molar-refractivity contribution is 0.235. The Labute approximate surface area is 171 Å². The van der Waals surface area contributed by atoms with Crippen molar-refractivity contribution in [1.82, 2.24) is 20.0 Å². The molecule has 0 unspecified atom stereocenters. The minimum absolute atomic E-state index is 0.708. The zero-order valence-electron chi connectivity index (χ0n) is 15.0. The Morgan fingerprint density at radius 1 is 1.18 bits per heavy atom. The van der Waals surface area contributed by atoms with E-state index >= 15 is 0 Å². The maximum absolute atomic E-state index is 5.95. The van der Waals surface area contributed by atoms with Gasteiger partial charge in [-0.15, -0.1) is 11.3 Å². The quantitative estimate of drug-likeness (QED) is 0.471. The fraction of sp³-hybridized carbons (Fsp3) is 0.190. The van der Waals surface area contributed by atoms with E-state index in [1.54, 1.807) is 11.3 Å². The zero-order valence-corrected chi connectivity index (χ0v) is 16.6. The summed E-state index contributed by atoms with van der Waals surface area (Å²) < 4.78 is 5.52. The van der Waals surface area contributed by atoms with Crippen molar-refractivity contribution in [2.75, 3.05) is 6.54 Å². The summed E-state index contributed by atoms with van der Waals surface area (Å²) in [5, 5.41) is 6.99. The van der Waals surface area contributed by atoms with Crippen LogP contribution in [0.15, 0.2) is 58.6 Å². The molecule has 1 aliphatic heterocycles. The van der Waals surface area contributed by atoms with E-state index in [-0.39, 0.29) is 0 Å². The number of benzene rings is 1. The molecule has 0 bridgehead atoms. The van der Waals surface area contributed by atoms with Crippen molar-refractivity contribution in [1.29, 1.82) is 0 Å². The van der Waals surface area contributed by atoms with Crippen molar-refractivity contribution in [2.45, 2.75) is 19.5 Å². The topological polar surface area (TPSA) is 55.1 Å². The van der Waals surface area contributed by atoms with Crippen LogP contribution in [0.1, 0.15) is 17.0 Å². The van der Waals surface area contributed by atoms with Crippen LogP contribution in [0.3, 0.4) is 0 Å². The van der Waals surface area contributed by atoms with Crippen LogP contribution in [-0.2, 0) is 19.5 Å². The van der Waals surface area contributed by atoms with Gasteiger partial charge in [-0.25, -0.2) is 9.97 Å². The first-order valence-corrected chi connectivity index (χ1v) is 10.3. The van der Waals surface area contributed by atoms with Gasteiger partial charge < -0.3 is 4.52 Å². The average molecular weight is 409 g/mol. The van der Waals surface area contributed by atoms with E-state index in [9.17, 15) is 0 Å². The minimum atomic E-state index is 0.708. The lowest BCUT2D eigenvalue weighted by Crippen LogP contribution is -2.31. The molecule has 140 valence electrons. The molecule has 0 amide bonds.